The quantitative estimate of drug-likeness (QED) is 0.777. The van der Waals surface area contributed by atoms with Gasteiger partial charge in [0.05, 0.1) is 18.4 Å². The SMILES string of the molecule is CNc1c(C)nc2ccc(C(=O)OC)cn12. The highest BCUT2D eigenvalue weighted by molar-refractivity contribution is 5.89. The fourth-order valence-electron chi connectivity index (χ4n) is 1.70. The highest BCUT2D eigenvalue weighted by atomic mass is 16.5. The summed E-state index contributed by atoms with van der Waals surface area (Å²) in [5.41, 5.74) is 2.20. The van der Waals surface area contributed by atoms with Gasteiger partial charge in [-0.05, 0) is 19.1 Å². The molecule has 0 unspecified atom stereocenters. The summed E-state index contributed by atoms with van der Waals surface area (Å²) in [7, 11) is 3.19. The van der Waals surface area contributed by atoms with Gasteiger partial charge in [0.1, 0.15) is 11.5 Å². The Bertz CT molecular complexity index is 545. The van der Waals surface area contributed by atoms with E-state index < -0.39 is 0 Å². The highest BCUT2D eigenvalue weighted by Crippen LogP contribution is 2.17. The molecule has 2 aromatic rings. The molecule has 5 nitrogen and oxygen atoms in total. The van der Waals surface area contributed by atoms with Crippen molar-refractivity contribution < 1.29 is 9.53 Å². The van der Waals surface area contributed by atoms with Crippen molar-refractivity contribution in [3.8, 4) is 0 Å². The number of methoxy groups -OCH3 is 1. The maximum absolute atomic E-state index is 11.4. The summed E-state index contributed by atoms with van der Waals surface area (Å²) in [6.07, 6.45) is 1.72. The second kappa shape index (κ2) is 3.84. The number of hydrogen-bond acceptors (Lipinski definition) is 4. The van der Waals surface area contributed by atoms with Crippen molar-refractivity contribution in [2.24, 2.45) is 0 Å². The number of aryl methyl sites for hydroxylation is 1. The van der Waals surface area contributed by atoms with E-state index in [1.165, 1.54) is 7.11 Å². The largest absolute Gasteiger partial charge is 0.465 e. The fraction of sp³-hybridized carbons (Fsp3) is 0.273. The lowest BCUT2D eigenvalue weighted by Gasteiger charge is -2.03. The van der Waals surface area contributed by atoms with Gasteiger partial charge >= 0.3 is 5.97 Å². The number of ether oxygens (including phenoxy) is 1. The molecule has 2 heterocycles. The lowest BCUT2D eigenvalue weighted by Crippen LogP contribution is -2.04. The monoisotopic (exact) mass is 219 g/mol. The molecule has 0 aromatic carbocycles. The first-order chi connectivity index (χ1) is 7.67. The van der Waals surface area contributed by atoms with Gasteiger partial charge < -0.3 is 10.1 Å². The van der Waals surface area contributed by atoms with Gasteiger partial charge in [-0.25, -0.2) is 9.78 Å². The third-order valence-corrected chi connectivity index (χ3v) is 2.45. The number of nitrogens with one attached hydrogen (secondary N) is 1. The number of fused-ring (bicyclic) bond motifs is 1. The predicted molar refractivity (Wildman–Crippen MR) is 60.8 cm³/mol. The summed E-state index contributed by atoms with van der Waals surface area (Å²) in [5, 5.41) is 3.05. The molecule has 0 saturated heterocycles. The maximum atomic E-state index is 11.4. The number of imidazole rings is 1. The Hall–Kier alpha value is -2.04. The van der Waals surface area contributed by atoms with Crippen LogP contribution in [0.3, 0.4) is 0 Å². The third kappa shape index (κ3) is 1.50. The van der Waals surface area contributed by atoms with Crippen LogP contribution in [0.1, 0.15) is 16.1 Å². The van der Waals surface area contributed by atoms with Crippen molar-refractivity contribution in [1.29, 1.82) is 0 Å². The molecule has 16 heavy (non-hydrogen) atoms. The van der Waals surface area contributed by atoms with E-state index >= 15 is 0 Å². The summed E-state index contributed by atoms with van der Waals surface area (Å²) in [4.78, 5) is 15.7. The second-order valence-electron chi connectivity index (χ2n) is 3.43. The first-order valence-corrected chi connectivity index (χ1v) is 4.92. The molecule has 5 heteroatoms. The molecule has 2 aromatic heterocycles. The van der Waals surface area contributed by atoms with Crippen LogP contribution in [-0.4, -0.2) is 29.5 Å². The van der Waals surface area contributed by atoms with E-state index in [9.17, 15) is 4.79 Å². The minimum absolute atomic E-state index is 0.352. The van der Waals surface area contributed by atoms with Gasteiger partial charge in [-0.15, -0.1) is 0 Å². The van der Waals surface area contributed by atoms with Crippen LogP contribution in [0.15, 0.2) is 18.3 Å². The first-order valence-electron chi connectivity index (χ1n) is 4.92. The smallest absolute Gasteiger partial charge is 0.339 e. The Morgan fingerprint density at radius 1 is 1.50 bits per heavy atom. The zero-order valence-electron chi connectivity index (χ0n) is 9.44. The minimum Gasteiger partial charge on any atom is -0.465 e. The fourth-order valence-corrected chi connectivity index (χ4v) is 1.70. The molecular weight excluding hydrogens is 206 g/mol. The number of carbonyl (C=O) groups excluding carboxylic acids is 1. The van der Waals surface area contributed by atoms with Crippen molar-refractivity contribution in [2.45, 2.75) is 6.92 Å². The molecule has 0 radical (unpaired) electrons. The molecule has 0 amide bonds. The van der Waals surface area contributed by atoms with Gasteiger partial charge in [0, 0.05) is 13.2 Å². The van der Waals surface area contributed by atoms with Crippen LogP contribution in [0.4, 0.5) is 5.82 Å². The molecule has 0 saturated carbocycles. The topological polar surface area (TPSA) is 55.6 Å². The van der Waals surface area contributed by atoms with Crippen LogP contribution in [0.25, 0.3) is 5.65 Å². The van der Waals surface area contributed by atoms with Gasteiger partial charge in [-0.1, -0.05) is 0 Å². The minimum atomic E-state index is -0.352. The van der Waals surface area contributed by atoms with Crippen LogP contribution in [0, 0.1) is 6.92 Å². The predicted octanol–water partition coefficient (Wildman–Crippen LogP) is 1.47. The molecule has 0 aliphatic rings. The molecule has 0 bridgehead atoms. The third-order valence-electron chi connectivity index (χ3n) is 2.45. The van der Waals surface area contributed by atoms with Crippen LogP contribution < -0.4 is 5.32 Å². The average molecular weight is 219 g/mol. The molecule has 0 spiro atoms. The van der Waals surface area contributed by atoms with Gasteiger partial charge in [0.15, 0.2) is 0 Å². The lowest BCUT2D eigenvalue weighted by atomic mass is 10.3. The van der Waals surface area contributed by atoms with E-state index in [1.54, 1.807) is 18.3 Å². The standard InChI is InChI=1S/C11H13N3O2/c1-7-10(12-2)14-6-8(11(15)16-3)4-5-9(14)13-7/h4-6,12H,1-3H3. The molecule has 0 fully saturated rings. The van der Waals surface area contributed by atoms with Crippen LogP contribution in [0.2, 0.25) is 0 Å². The number of rotatable bonds is 2. The second-order valence-corrected chi connectivity index (χ2v) is 3.43. The van der Waals surface area contributed by atoms with Gasteiger partial charge in [0.25, 0.3) is 0 Å². The van der Waals surface area contributed by atoms with Crippen molar-refractivity contribution >= 4 is 17.4 Å². The van der Waals surface area contributed by atoms with Gasteiger partial charge in [-0.2, -0.15) is 0 Å². The number of pyridine rings is 1. The Kier molecular flexibility index (Phi) is 2.52. The summed E-state index contributed by atoms with van der Waals surface area (Å²) in [6.45, 7) is 1.91. The first kappa shape index (κ1) is 10.5. The number of hydrogen-bond donors (Lipinski definition) is 1. The van der Waals surface area contributed by atoms with Crippen molar-refractivity contribution in [2.75, 3.05) is 19.5 Å². The maximum Gasteiger partial charge on any atom is 0.339 e. The molecular formula is C11H13N3O2. The zero-order valence-corrected chi connectivity index (χ0v) is 9.44. The Morgan fingerprint density at radius 3 is 2.88 bits per heavy atom. The zero-order chi connectivity index (χ0) is 11.7. The average Bonchev–Trinajstić information content (AvgIpc) is 2.62. The van der Waals surface area contributed by atoms with Gasteiger partial charge in [-0.3, -0.25) is 4.40 Å². The highest BCUT2D eigenvalue weighted by Gasteiger charge is 2.10. The Balaban J connectivity index is 2.64. The van der Waals surface area contributed by atoms with E-state index in [1.807, 2.05) is 18.4 Å². The van der Waals surface area contributed by atoms with E-state index in [0.29, 0.717) is 5.56 Å². The van der Waals surface area contributed by atoms with E-state index in [0.717, 1.165) is 17.2 Å². The van der Waals surface area contributed by atoms with Crippen molar-refractivity contribution in [3.63, 3.8) is 0 Å². The van der Waals surface area contributed by atoms with Crippen LogP contribution >= 0.6 is 0 Å². The van der Waals surface area contributed by atoms with Gasteiger partial charge in [0.2, 0.25) is 0 Å². The molecule has 1 N–H and O–H groups in total. The van der Waals surface area contributed by atoms with E-state index in [-0.39, 0.29) is 5.97 Å². The summed E-state index contributed by atoms with van der Waals surface area (Å²) in [6, 6.07) is 3.49. The molecule has 0 aliphatic carbocycles. The molecule has 0 atom stereocenters. The molecule has 0 aliphatic heterocycles. The van der Waals surface area contributed by atoms with E-state index in [4.69, 9.17) is 0 Å². The van der Waals surface area contributed by atoms with E-state index in [2.05, 4.69) is 15.0 Å². The summed E-state index contributed by atoms with van der Waals surface area (Å²) >= 11 is 0. The summed E-state index contributed by atoms with van der Waals surface area (Å²) < 4.78 is 6.51. The molecule has 84 valence electrons. The summed E-state index contributed by atoms with van der Waals surface area (Å²) in [5.74, 6) is 0.524. The van der Waals surface area contributed by atoms with Crippen molar-refractivity contribution in [3.05, 3.63) is 29.6 Å². The number of esters is 1. The number of carbonyl (C=O) groups is 1. The number of anilines is 1. The lowest BCUT2D eigenvalue weighted by molar-refractivity contribution is 0.0600. The normalized spacial score (nSPS) is 10.4. The van der Waals surface area contributed by atoms with Crippen LogP contribution in [0.5, 0.6) is 0 Å². The number of aromatic nitrogens is 2. The Labute approximate surface area is 93.1 Å². The molecule has 2 rings (SSSR count). The van der Waals surface area contributed by atoms with Crippen LogP contribution in [-0.2, 0) is 4.74 Å². The van der Waals surface area contributed by atoms with Crippen molar-refractivity contribution in [1.82, 2.24) is 9.38 Å². The number of nitrogens with zero attached hydrogens (tertiary/aromatic N) is 2. The Morgan fingerprint density at radius 2 is 2.25 bits per heavy atom.